The van der Waals surface area contributed by atoms with Crippen molar-refractivity contribution in [1.82, 2.24) is 24.8 Å². The SMILES string of the molecule is CN1[C@@H]2COC[C@H]1C[C@@H](NC(=O)c1cn(-c3ncccn3)c3ccccc13)C2. The first-order chi connectivity index (χ1) is 13.7. The zero-order valence-electron chi connectivity index (χ0n) is 15.8. The Labute approximate surface area is 163 Å². The highest BCUT2D eigenvalue weighted by Gasteiger charge is 2.37. The molecule has 28 heavy (non-hydrogen) atoms. The van der Waals surface area contributed by atoms with Gasteiger partial charge in [0.25, 0.3) is 5.91 Å². The summed E-state index contributed by atoms with van der Waals surface area (Å²) < 4.78 is 7.56. The molecule has 3 aromatic rings. The number of para-hydroxylation sites is 1. The van der Waals surface area contributed by atoms with E-state index in [1.54, 1.807) is 18.5 Å². The molecule has 2 aliphatic heterocycles. The summed E-state index contributed by atoms with van der Waals surface area (Å²) in [7, 11) is 2.16. The molecule has 2 aliphatic rings. The van der Waals surface area contributed by atoms with Crippen LogP contribution in [0.25, 0.3) is 16.9 Å². The summed E-state index contributed by atoms with van der Waals surface area (Å²) in [6.07, 6.45) is 7.08. The Hall–Kier alpha value is -2.77. The third kappa shape index (κ3) is 2.96. The first-order valence-corrected chi connectivity index (χ1v) is 9.68. The van der Waals surface area contributed by atoms with E-state index in [9.17, 15) is 4.79 Å². The van der Waals surface area contributed by atoms with Gasteiger partial charge in [0.2, 0.25) is 5.95 Å². The Morgan fingerprint density at radius 2 is 1.82 bits per heavy atom. The molecule has 2 bridgehead atoms. The Morgan fingerprint density at radius 1 is 1.11 bits per heavy atom. The van der Waals surface area contributed by atoms with Crippen LogP contribution in [-0.4, -0.2) is 63.7 Å². The summed E-state index contributed by atoms with van der Waals surface area (Å²) in [4.78, 5) is 24.2. The molecule has 1 amide bonds. The van der Waals surface area contributed by atoms with E-state index in [0.29, 0.717) is 23.6 Å². The van der Waals surface area contributed by atoms with Crippen molar-refractivity contribution in [3.8, 4) is 5.95 Å². The fourth-order valence-electron chi connectivity index (χ4n) is 4.42. The molecular formula is C21H23N5O2. The molecule has 2 saturated heterocycles. The van der Waals surface area contributed by atoms with Gasteiger partial charge in [0.15, 0.2) is 0 Å². The molecule has 1 N–H and O–H groups in total. The number of piperidine rings is 1. The molecule has 0 aliphatic carbocycles. The van der Waals surface area contributed by atoms with Crippen LogP contribution in [0.2, 0.25) is 0 Å². The van der Waals surface area contributed by atoms with Crippen molar-refractivity contribution in [3.05, 3.63) is 54.5 Å². The second-order valence-electron chi connectivity index (χ2n) is 7.63. The minimum Gasteiger partial charge on any atom is -0.378 e. The molecule has 7 heteroatoms. The summed E-state index contributed by atoms with van der Waals surface area (Å²) in [5, 5.41) is 4.17. The monoisotopic (exact) mass is 377 g/mol. The summed E-state index contributed by atoms with van der Waals surface area (Å²) in [6, 6.07) is 10.6. The van der Waals surface area contributed by atoms with E-state index in [4.69, 9.17) is 4.74 Å². The van der Waals surface area contributed by atoms with Crippen molar-refractivity contribution >= 4 is 16.8 Å². The summed E-state index contributed by atoms with van der Waals surface area (Å²) in [5.41, 5.74) is 1.58. The lowest BCUT2D eigenvalue weighted by atomic mass is 9.90. The predicted molar refractivity (Wildman–Crippen MR) is 106 cm³/mol. The van der Waals surface area contributed by atoms with Gasteiger partial charge in [-0.25, -0.2) is 9.97 Å². The van der Waals surface area contributed by atoms with Crippen LogP contribution < -0.4 is 5.32 Å². The van der Waals surface area contributed by atoms with E-state index in [1.807, 2.05) is 35.0 Å². The van der Waals surface area contributed by atoms with E-state index in [-0.39, 0.29) is 11.9 Å². The smallest absolute Gasteiger partial charge is 0.253 e. The maximum Gasteiger partial charge on any atom is 0.253 e. The highest BCUT2D eigenvalue weighted by Crippen LogP contribution is 2.28. The van der Waals surface area contributed by atoms with Crippen molar-refractivity contribution in [2.24, 2.45) is 0 Å². The van der Waals surface area contributed by atoms with E-state index >= 15 is 0 Å². The van der Waals surface area contributed by atoms with E-state index < -0.39 is 0 Å². The predicted octanol–water partition coefficient (Wildman–Crippen LogP) is 2.01. The lowest BCUT2D eigenvalue weighted by Crippen LogP contribution is -2.59. The summed E-state index contributed by atoms with van der Waals surface area (Å²) >= 11 is 0. The number of aromatic nitrogens is 3. The molecule has 1 aromatic carbocycles. The van der Waals surface area contributed by atoms with E-state index in [2.05, 4.69) is 27.2 Å². The second kappa shape index (κ2) is 7.00. The number of amides is 1. The normalized spacial score (nSPS) is 25.0. The Bertz CT molecular complexity index is 988. The van der Waals surface area contributed by atoms with Gasteiger partial charge in [0.05, 0.1) is 24.3 Å². The number of nitrogens with zero attached hydrogens (tertiary/aromatic N) is 4. The molecule has 144 valence electrons. The number of fused-ring (bicyclic) bond motifs is 3. The number of morpholine rings is 1. The number of likely N-dealkylation sites (N-methyl/N-ethyl adjacent to an activating group) is 1. The van der Waals surface area contributed by atoms with Crippen LogP contribution in [0, 0.1) is 0 Å². The van der Waals surface area contributed by atoms with Crippen molar-refractivity contribution in [2.45, 2.75) is 31.0 Å². The first-order valence-electron chi connectivity index (χ1n) is 9.68. The number of hydrogen-bond acceptors (Lipinski definition) is 5. The van der Waals surface area contributed by atoms with Crippen molar-refractivity contribution in [1.29, 1.82) is 0 Å². The molecule has 0 saturated carbocycles. The van der Waals surface area contributed by atoms with Crippen molar-refractivity contribution < 1.29 is 9.53 Å². The molecular weight excluding hydrogens is 354 g/mol. The number of hydrogen-bond donors (Lipinski definition) is 1. The molecule has 2 aromatic heterocycles. The fraction of sp³-hybridized carbons (Fsp3) is 0.381. The number of ether oxygens (including phenoxy) is 1. The molecule has 2 fully saturated rings. The highest BCUT2D eigenvalue weighted by molar-refractivity contribution is 6.07. The standard InChI is InChI=1S/C21H23N5O2/c1-25-15-9-14(10-16(25)13-28-12-15)24-20(27)18-11-26(21-22-7-4-8-23-21)19-6-3-2-5-17(18)19/h2-8,11,14-16H,9-10,12-13H2,1H3,(H,24,27)/t14-,15-,16+. The van der Waals surface area contributed by atoms with Gasteiger partial charge in [-0.2, -0.15) is 0 Å². The van der Waals surface area contributed by atoms with Gasteiger partial charge < -0.3 is 10.1 Å². The van der Waals surface area contributed by atoms with Gasteiger partial charge in [-0.1, -0.05) is 18.2 Å². The number of rotatable bonds is 3. The number of carbonyl (C=O) groups is 1. The zero-order chi connectivity index (χ0) is 19.1. The third-order valence-corrected chi connectivity index (χ3v) is 5.95. The molecule has 5 rings (SSSR count). The molecule has 4 heterocycles. The van der Waals surface area contributed by atoms with Crippen LogP contribution in [0.15, 0.2) is 48.9 Å². The largest absolute Gasteiger partial charge is 0.378 e. The van der Waals surface area contributed by atoms with Gasteiger partial charge in [-0.05, 0) is 32.0 Å². The van der Waals surface area contributed by atoms with Crippen LogP contribution in [0.5, 0.6) is 0 Å². The van der Waals surface area contributed by atoms with Crippen LogP contribution in [0.1, 0.15) is 23.2 Å². The molecule has 7 nitrogen and oxygen atoms in total. The van der Waals surface area contributed by atoms with Gasteiger partial charge in [0, 0.05) is 42.1 Å². The van der Waals surface area contributed by atoms with E-state index in [1.165, 1.54) is 0 Å². The van der Waals surface area contributed by atoms with Crippen LogP contribution in [0.3, 0.4) is 0 Å². The molecule has 0 spiro atoms. The first kappa shape index (κ1) is 17.3. The molecule has 0 unspecified atom stereocenters. The Morgan fingerprint density at radius 3 is 2.57 bits per heavy atom. The van der Waals surface area contributed by atoms with Gasteiger partial charge in [-0.3, -0.25) is 14.3 Å². The minimum absolute atomic E-state index is 0.0422. The third-order valence-electron chi connectivity index (χ3n) is 5.95. The minimum atomic E-state index is -0.0422. The topological polar surface area (TPSA) is 72.3 Å². The lowest BCUT2D eigenvalue weighted by molar-refractivity contribution is -0.0670. The number of nitrogens with one attached hydrogen (secondary N) is 1. The lowest BCUT2D eigenvalue weighted by Gasteiger charge is -2.46. The quantitative estimate of drug-likeness (QED) is 0.756. The fourth-order valence-corrected chi connectivity index (χ4v) is 4.42. The van der Waals surface area contributed by atoms with E-state index in [0.717, 1.165) is 37.0 Å². The maximum atomic E-state index is 13.2. The van der Waals surface area contributed by atoms with Gasteiger partial charge in [0.1, 0.15) is 0 Å². The van der Waals surface area contributed by atoms with Gasteiger partial charge >= 0.3 is 0 Å². The summed E-state index contributed by atoms with van der Waals surface area (Å²) in [5.74, 6) is 0.517. The number of benzene rings is 1. The number of carbonyl (C=O) groups excluding carboxylic acids is 1. The zero-order valence-corrected chi connectivity index (χ0v) is 15.8. The van der Waals surface area contributed by atoms with Gasteiger partial charge in [-0.15, -0.1) is 0 Å². The van der Waals surface area contributed by atoms with Crippen LogP contribution in [-0.2, 0) is 4.74 Å². The Kier molecular flexibility index (Phi) is 4.33. The maximum absolute atomic E-state index is 13.2. The van der Waals surface area contributed by atoms with Crippen molar-refractivity contribution in [2.75, 3.05) is 20.3 Å². The second-order valence-corrected chi connectivity index (χ2v) is 7.63. The summed E-state index contributed by atoms with van der Waals surface area (Å²) in [6.45, 7) is 1.48. The van der Waals surface area contributed by atoms with Crippen molar-refractivity contribution in [3.63, 3.8) is 0 Å². The molecule has 3 atom stereocenters. The molecule has 0 radical (unpaired) electrons. The average Bonchev–Trinajstić information content (AvgIpc) is 3.09. The average molecular weight is 377 g/mol. The van der Waals surface area contributed by atoms with Crippen LogP contribution in [0.4, 0.5) is 0 Å². The Balaban J connectivity index is 1.44. The van der Waals surface area contributed by atoms with Crippen LogP contribution >= 0.6 is 0 Å². The highest BCUT2D eigenvalue weighted by atomic mass is 16.5.